The number of halogens is 3. The molecule has 1 aliphatic rings. The lowest BCUT2D eigenvalue weighted by Gasteiger charge is -2.31. The lowest BCUT2D eigenvalue weighted by atomic mass is 9.81. The predicted octanol–water partition coefficient (Wildman–Crippen LogP) is 3.50. The Hall–Kier alpha value is -1.17. The van der Waals surface area contributed by atoms with E-state index in [1.165, 1.54) is 11.4 Å². The fourth-order valence-corrected chi connectivity index (χ4v) is 5.17. The Labute approximate surface area is 170 Å². The molecule has 1 fully saturated rings. The SMILES string of the molecule is CN(C[C@H]1CC[C@H](CCOS(C)(=O)=O)CC1)S(=O)(=O)c1ccc(C(F)(F)F)cc1. The maximum Gasteiger partial charge on any atom is 0.416 e. The molecule has 29 heavy (non-hydrogen) atoms. The van der Waals surface area contributed by atoms with Crippen molar-refractivity contribution in [3.8, 4) is 0 Å². The molecule has 0 spiro atoms. The molecule has 1 saturated carbocycles. The van der Waals surface area contributed by atoms with E-state index in [4.69, 9.17) is 4.18 Å². The number of sulfonamides is 1. The van der Waals surface area contributed by atoms with Gasteiger partial charge in [-0.2, -0.15) is 21.6 Å². The molecule has 0 aliphatic heterocycles. The van der Waals surface area contributed by atoms with Crippen LogP contribution in [0.25, 0.3) is 0 Å². The van der Waals surface area contributed by atoms with E-state index in [0.29, 0.717) is 12.3 Å². The van der Waals surface area contributed by atoms with Gasteiger partial charge in [-0.25, -0.2) is 12.7 Å². The van der Waals surface area contributed by atoms with Gasteiger partial charge in [0.2, 0.25) is 10.0 Å². The lowest BCUT2D eigenvalue weighted by Crippen LogP contribution is -2.33. The minimum atomic E-state index is -4.51. The van der Waals surface area contributed by atoms with E-state index in [2.05, 4.69) is 0 Å². The predicted molar refractivity (Wildman–Crippen MR) is 102 cm³/mol. The van der Waals surface area contributed by atoms with Crippen molar-refractivity contribution in [2.45, 2.75) is 43.2 Å². The first-order valence-electron chi connectivity index (χ1n) is 9.27. The van der Waals surface area contributed by atoms with Crippen LogP contribution < -0.4 is 0 Å². The number of alkyl halides is 3. The highest BCUT2D eigenvalue weighted by Gasteiger charge is 2.32. The summed E-state index contributed by atoms with van der Waals surface area (Å²) in [5, 5.41) is 0. The summed E-state index contributed by atoms with van der Waals surface area (Å²) in [5.41, 5.74) is -0.891. The summed E-state index contributed by atoms with van der Waals surface area (Å²) in [6.07, 6.45) is 0.445. The van der Waals surface area contributed by atoms with Gasteiger partial charge in [0, 0.05) is 13.6 Å². The third-order valence-electron chi connectivity index (χ3n) is 5.19. The second-order valence-corrected chi connectivity index (χ2v) is 11.2. The van der Waals surface area contributed by atoms with Gasteiger partial charge >= 0.3 is 6.18 Å². The minimum absolute atomic E-state index is 0.149. The Morgan fingerprint density at radius 1 is 1.00 bits per heavy atom. The summed E-state index contributed by atoms with van der Waals surface area (Å²) in [5.74, 6) is 0.487. The second-order valence-electron chi connectivity index (χ2n) is 7.51. The molecule has 1 aromatic rings. The summed E-state index contributed by atoms with van der Waals surface area (Å²) < 4.78 is 91.2. The molecular formula is C18H26F3NO5S2. The normalized spacial score (nSPS) is 21.4. The van der Waals surface area contributed by atoms with E-state index in [1.54, 1.807) is 0 Å². The van der Waals surface area contributed by atoms with E-state index >= 15 is 0 Å². The molecule has 1 aliphatic carbocycles. The fourth-order valence-electron chi connectivity index (χ4n) is 3.53. The van der Waals surface area contributed by atoms with E-state index in [0.717, 1.165) is 56.2 Å². The number of hydrogen-bond donors (Lipinski definition) is 0. The van der Waals surface area contributed by atoms with Crippen molar-refractivity contribution in [2.24, 2.45) is 11.8 Å². The standard InChI is InChI=1S/C18H26F3NO5S2/c1-22(29(25,26)17-9-7-16(8-10-17)18(19,20)21)13-15-5-3-14(4-6-15)11-12-27-28(2,23)24/h7-10,14-15H,3-6,11-13H2,1-2H3/t14-,15-. The summed E-state index contributed by atoms with van der Waals surface area (Å²) in [7, 11) is -5.88. The Bertz CT molecular complexity index is 875. The van der Waals surface area contributed by atoms with Gasteiger partial charge in [0.05, 0.1) is 23.3 Å². The summed E-state index contributed by atoms with van der Waals surface area (Å²) in [6.45, 7) is 0.437. The minimum Gasteiger partial charge on any atom is -0.270 e. The van der Waals surface area contributed by atoms with Gasteiger partial charge in [0.15, 0.2) is 0 Å². The molecule has 2 rings (SSSR count). The Balaban J connectivity index is 1.87. The topological polar surface area (TPSA) is 80.8 Å². The van der Waals surface area contributed by atoms with Crippen LogP contribution in [0, 0.1) is 11.8 Å². The van der Waals surface area contributed by atoms with Gasteiger partial charge in [-0.05, 0) is 55.4 Å². The van der Waals surface area contributed by atoms with E-state index in [1.807, 2.05) is 0 Å². The van der Waals surface area contributed by atoms with E-state index < -0.39 is 31.9 Å². The monoisotopic (exact) mass is 457 g/mol. The quantitative estimate of drug-likeness (QED) is 0.558. The molecule has 0 saturated heterocycles. The second kappa shape index (κ2) is 9.32. The molecule has 166 valence electrons. The largest absolute Gasteiger partial charge is 0.416 e. The lowest BCUT2D eigenvalue weighted by molar-refractivity contribution is -0.137. The number of hydrogen-bond acceptors (Lipinski definition) is 5. The molecule has 0 bridgehead atoms. The Morgan fingerprint density at radius 2 is 1.52 bits per heavy atom. The molecule has 11 heteroatoms. The first-order valence-corrected chi connectivity index (χ1v) is 12.5. The Kier molecular flexibility index (Phi) is 7.74. The van der Waals surface area contributed by atoms with Crippen molar-refractivity contribution in [3.05, 3.63) is 29.8 Å². The van der Waals surface area contributed by atoms with Crippen LogP contribution in [0.3, 0.4) is 0 Å². The molecule has 0 unspecified atom stereocenters. The molecule has 6 nitrogen and oxygen atoms in total. The highest BCUT2D eigenvalue weighted by atomic mass is 32.2. The zero-order chi connectivity index (χ0) is 21.9. The zero-order valence-corrected chi connectivity index (χ0v) is 18.0. The van der Waals surface area contributed by atoms with Gasteiger partial charge in [-0.15, -0.1) is 0 Å². The summed E-state index contributed by atoms with van der Waals surface area (Å²) in [4.78, 5) is -0.167. The van der Waals surface area contributed by atoms with E-state index in [9.17, 15) is 30.0 Å². The average molecular weight is 458 g/mol. The Morgan fingerprint density at radius 3 is 2.00 bits per heavy atom. The highest BCUT2D eigenvalue weighted by molar-refractivity contribution is 7.89. The molecule has 0 atom stereocenters. The molecule has 0 aromatic heterocycles. The highest BCUT2D eigenvalue weighted by Crippen LogP contribution is 2.33. The fraction of sp³-hybridized carbons (Fsp3) is 0.667. The number of rotatable bonds is 8. The van der Waals surface area contributed by atoms with Crippen molar-refractivity contribution in [2.75, 3.05) is 26.5 Å². The molecule has 0 N–H and O–H groups in total. The third-order valence-corrected chi connectivity index (χ3v) is 7.63. The third kappa shape index (κ3) is 7.23. The maximum absolute atomic E-state index is 12.7. The van der Waals surface area contributed by atoms with Crippen LogP contribution in [-0.4, -0.2) is 47.6 Å². The number of nitrogens with zero attached hydrogens (tertiary/aromatic N) is 1. The van der Waals surface area contributed by atoms with Gasteiger partial charge in [-0.3, -0.25) is 4.18 Å². The molecule has 0 radical (unpaired) electrons. The van der Waals surface area contributed by atoms with Gasteiger partial charge in [0.25, 0.3) is 10.1 Å². The molecule has 0 heterocycles. The van der Waals surface area contributed by atoms with Crippen LogP contribution in [0.5, 0.6) is 0 Å². The van der Waals surface area contributed by atoms with Crippen molar-refractivity contribution in [1.82, 2.24) is 4.31 Å². The summed E-state index contributed by atoms with van der Waals surface area (Å²) in [6, 6.07) is 3.50. The first kappa shape index (κ1) is 24.1. The molecular weight excluding hydrogens is 431 g/mol. The van der Waals surface area contributed by atoms with Crippen LogP contribution in [0.1, 0.15) is 37.7 Å². The van der Waals surface area contributed by atoms with Crippen LogP contribution in [0.2, 0.25) is 0 Å². The average Bonchev–Trinajstić information content (AvgIpc) is 2.61. The smallest absolute Gasteiger partial charge is 0.270 e. The number of benzene rings is 1. The van der Waals surface area contributed by atoms with Crippen molar-refractivity contribution < 1.29 is 34.2 Å². The van der Waals surface area contributed by atoms with Crippen LogP contribution in [0.15, 0.2) is 29.2 Å². The summed E-state index contributed by atoms with van der Waals surface area (Å²) >= 11 is 0. The van der Waals surface area contributed by atoms with E-state index in [-0.39, 0.29) is 24.0 Å². The van der Waals surface area contributed by atoms with Crippen LogP contribution in [-0.2, 0) is 30.5 Å². The van der Waals surface area contributed by atoms with Crippen molar-refractivity contribution in [1.29, 1.82) is 0 Å². The first-order chi connectivity index (χ1) is 13.3. The van der Waals surface area contributed by atoms with Crippen LogP contribution in [0.4, 0.5) is 13.2 Å². The van der Waals surface area contributed by atoms with Gasteiger partial charge in [0.1, 0.15) is 0 Å². The van der Waals surface area contributed by atoms with Crippen molar-refractivity contribution in [3.63, 3.8) is 0 Å². The van der Waals surface area contributed by atoms with Crippen LogP contribution >= 0.6 is 0 Å². The van der Waals surface area contributed by atoms with Gasteiger partial charge in [-0.1, -0.05) is 12.8 Å². The maximum atomic E-state index is 12.7. The van der Waals surface area contributed by atoms with Gasteiger partial charge < -0.3 is 0 Å². The zero-order valence-electron chi connectivity index (χ0n) is 16.4. The molecule has 1 aromatic carbocycles. The van der Waals surface area contributed by atoms with Crippen molar-refractivity contribution >= 4 is 20.1 Å². The molecule has 0 amide bonds.